The van der Waals surface area contributed by atoms with Gasteiger partial charge in [0.2, 0.25) is 5.91 Å². The van der Waals surface area contributed by atoms with Crippen molar-refractivity contribution in [1.29, 1.82) is 0 Å². The molecule has 2 amide bonds. The minimum absolute atomic E-state index is 0.0959. The first-order valence-electron chi connectivity index (χ1n) is 7.60. The average Bonchev–Trinajstić information content (AvgIpc) is 2.61. The third-order valence-corrected chi connectivity index (χ3v) is 3.37. The third kappa shape index (κ3) is 5.00. The molecule has 2 N–H and O–H groups in total. The van der Waals surface area contributed by atoms with E-state index >= 15 is 0 Å². The number of nitro benzene ring substituents is 1. The number of halogens is 1. The number of nitrogens with zero attached hydrogens (tertiary/aromatic N) is 1. The molecule has 8 nitrogen and oxygen atoms in total. The second-order valence-electron chi connectivity index (χ2n) is 5.29. The molecule has 0 fully saturated rings. The molecule has 0 radical (unpaired) electrons. The number of hydrazine groups is 1. The summed E-state index contributed by atoms with van der Waals surface area (Å²) in [6.45, 7) is 1.38. The van der Waals surface area contributed by atoms with Crippen LogP contribution in [-0.4, -0.2) is 22.8 Å². The van der Waals surface area contributed by atoms with E-state index in [0.29, 0.717) is 0 Å². The molecule has 2 rings (SSSR count). The lowest BCUT2D eigenvalue weighted by atomic mass is 10.1. The summed E-state index contributed by atoms with van der Waals surface area (Å²) in [6, 6.07) is 11.4. The van der Waals surface area contributed by atoms with Crippen molar-refractivity contribution >= 4 is 17.5 Å². The molecule has 0 aromatic heterocycles. The number of nitro groups is 1. The minimum atomic E-state index is -1.07. The van der Waals surface area contributed by atoms with Gasteiger partial charge in [-0.15, -0.1) is 0 Å². The van der Waals surface area contributed by atoms with Crippen LogP contribution in [-0.2, 0) is 16.0 Å². The van der Waals surface area contributed by atoms with Crippen LogP contribution >= 0.6 is 0 Å². The number of amides is 2. The van der Waals surface area contributed by atoms with Crippen LogP contribution in [0.1, 0.15) is 12.5 Å². The van der Waals surface area contributed by atoms with E-state index in [1.54, 1.807) is 12.1 Å². The van der Waals surface area contributed by atoms with Crippen LogP contribution in [0.3, 0.4) is 0 Å². The molecule has 2 aromatic rings. The van der Waals surface area contributed by atoms with Crippen LogP contribution < -0.4 is 15.6 Å². The zero-order valence-electron chi connectivity index (χ0n) is 13.8. The van der Waals surface area contributed by atoms with Crippen molar-refractivity contribution < 1.29 is 23.6 Å². The summed E-state index contributed by atoms with van der Waals surface area (Å²) in [5.41, 5.74) is 4.30. The maximum absolute atomic E-state index is 13.5. The first kappa shape index (κ1) is 18.8. The molecule has 0 heterocycles. The van der Waals surface area contributed by atoms with Gasteiger partial charge in [-0.25, -0.2) is 4.39 Å². The van der Waals surface area contributed by atoms with E-state index in [1.165, 1.54) is 43.3 Å². The molecule has 0 saturated carbocycles. The van der Waals surface area contributed by atoms with E-state index in [4.69, 9.17) is 4.74 Å². The molecular formula is C17H16FN3O5. The zero-order chi connectivity index (χ0) is 19.1. The normalized spacial score (nSPS) is 11.3. The van der Waals surface area contributed by atoms with Crippen LogP contribution in [0, 0.1) is 15.9 Å². The fourth-order valence-corrected chi connectivity index (χ4v) is 2.07. The third-order valence-electron chi connectivity index (χ3n) is 3.37. The molecule has 136 valence electrons. The number of benzene rings is 2. The molecule has 1 atom stereocenters. The van der Waals surface area contributed by atoms with Gasteiger partial charge in [0.1, 0.15) is 0 Å². The Bertz CT molecular complexity index is 828. The Morgan fingerprint density at radius 3 is 2.50 bits per heavy atom. The van der Waals surface area contributed by atoms with E-state index < -0.39 is 28.7 Å². The Hall–Kier alpha value is -3.49. The van der Waals surface area contributed by atoms with E-state index in [9.17, 15) is 24.1 Å². The predicted octanol–water partition coefficient (Wildman–Crippen LogP) is 1.89. The van der Waals surface area contributed by atoms with E-state index in [-0.39, 0.29) is 23.4 Å². The predicted molar refractivity (Wildman–Crippen MR) is 89.6 cm³/mol. The molecule has 0 bridgehead atoms. The quantitative estimate of drug-likeness (QED) is 0.603. The Labute approximate surface area is 148 Å². The number of hydrogen-bond acceptors (Lipinski definition) is 5. The first-order valence-corrected chi connectivity index (χ1v) is 7.60. The van der Waals surface area contributed by atoms with Crippen LogP contribution in [0.2, 0.25) is 0 Å². The molecule has 0 aliphatic carbocycles. The lowest BCUT2D eigenvalue weighted by molar-refractivity contribution is -0.385. The van der Waals surface area contributed by atoms with Gasteiger partial charge in [-0.2, -0.15) is 0 Å². The maximum atomic E-state index is 13.5. The van der Waals surface area contributed by atoms with E-state index in [2.05, 4.69) is 10.9 Å². The highest BCUT2D eigenvalue weighted by molar-refractivity contribution is 5.85. The lowest BCUT2D eigenvalue weighted by Crippen LogP contribution is -2.47. The Kier molecular flexibility index (Phi) is 6.20. The summed E-state index contributed by atoms with van der Waals surface area (Å²) in [5, 5.41) is 10.9. The van der Waals surface area contributed by atoms with E-state index in [1.807, 2.05) is 0 Å². The standard InChI is InChI=1S/C17H16FN3O5/c1-11(26-15-9-5-3-7-13(15)18)17(23)20-19-16(22)10-12-6-2-4-8-14(12)21(24)25/h2-9,11H,10H2,1H3,(H,19,22)(H,20,23). The zero-order valence-corrected chi connectivity index (χ0v) is 13.8. The molecule has 0 aliphatic heterocycles. The van der Waals surface area contributed by atoms with Gasteiger partial charge in [0.25, 0.3) is 11.6 Å². The summed E-state index contributed by atoms with van der Waals surface area (Å²) >= 11 is 0. The Balaban J connectivity index is 1.88. The van der Waals surface area contributed by atoms with Crippen molar-refractivity contribution in [2.45, 2.75) is 19.4 Å². The number of carbonyl (C=O) groups excluding carboxylic acids is 2. The Morgan fingerprint density at radius 1 is 1.15 bits per heavy atom. The SMILES string of the molecule is CC(Oc1ccccc1F)C(=O)NNC(=O)Cc1ccccc1[N+](=O)[O-]. The molecule has 1 unspecified atom stereocenters. The molecule has 26 heavy (non-hydrogen) atoms. The van der Waals surface area contributed by atoms with Crippen molar-refractivity contribution in [2.75, 3.05) is 0 Å². The van der Waals surface area contributed by atoms with Crippen LogP contribution in [0.25, 0.3) is 0 Å². The Morgan fingerprint density at radius 2 is 1.81 bits per heavy atom. The molecule has 2 aromatic carbocycles. The largest absolute Gasteiger partial charge is 0.478 e. The first-order chi connectivity index (χ1) is 12.4. The van der Waals surface area contributed by atoms with Gasteiger partial charge in [0.15, 0.2) is 17.7 Å². The number of nitrogens with one attached hydrogen (secondary N) is 2. The van der Waals surface area contributed by atoms with Crippen molar-refractivity contribution in [2.24, 2.45) is 0 Å². The average molecular weight is 361 g/mol. The monoisotopic (exact) mass is 361 g/mol. The van der Waals surface area contributed by atoms with Gasteiger partial charge in [0.05, 0.1) is 11.3 Å². The van der Waals surface area contributed by atoms with E-state index in [0.717, 1.165) is 0 Å². The number of hydrogen-bond donors (Lipinski definition) is 2. The van der Waals surface area contributed by atoms with Gasteiger partial charge >= 0.3 is 0 Å². The molecule has 0 saturated heterocycles. The molecule has 9 heteroatoms. The summed E-state index contributed by atoms with van der Waals surface area (Å²) in [7, 11) is 0. The van der Waals surface area contributed by atoms with Crippen molar-refractivity contribution in [3.05, 3.63) is 70.0 Å². The number of carbonyl (C=O) groups is 2. The highest BCUT2D eigenvalue weighted by Gasteiger charge is 2.19. The highest BCUT2D eigenvalue weighted by atomic mass is 19.1. The summed E-state index contributed by atoms with van der Waals surface area (Å²) in [4.78, 5) is 34.1. The fourth-order valence-electron chi connectivity index (χ4n) is 2.07. The van der Waals surface area contributed by atoms with Gasteiger partial charge in [-0.05, 0) is 19.1 Å². The van der Waals surface area contributed by atoms with Crippen molar-refractivity contribution in [1.82, 2.24) is 10.9 Å². The van der Waals surface area contributed by atoms with Gasteiger partial charge < -0.3 is 4.74 Å². The molecular weight excluding hydrogens is 345 g/mol. The lowest BCUT2D eigenvalue weighted by Gasteiger charge is -2.15. The van der Waals surface area contributed by atoms with Crippen molar-refractivity contribution in [3.63, 3.8) is 0 Å². The van der Waals surface area contributed by atoms with Gasteiger partial charge in [-0.3, -0.25) is 30.6 Å². The highest BCUT2D eigenvalue weighted by Crippen LogP contribution is 2.18. The topological polar surface area (TPSA) is 111 Å². The summed E-state index contributed by atoms with van der Waals surface area (Å²) < 4.78 is 18.7. The van der Waals surface area contributed by atoms with Crippen LogP contribution in [0.15, 0.2) is 48.5 Å². The van der Waals surface area contributed by atoms with Gasteiger partial charge in [-0.1, -0.05) is 30.3 Å². The second-order valence-corrected chi connectivity index (χ2v) is 5.29. The van der Waals surface area contributed by atoms with Crippen LogP contribution in [0.4, 0.5) is 10.1 Å². The molecule has 0 spiro atoms. The number of ether oxygens (including phenoxy) is 1. The summed E-state index contributed by atoms with van der Waals surface area (Å²) in [6.07, 6.45) is -1.36. The minimum Gasteiger partial charge on any atom is -0.478 e. The summed E-state index contributed by atoms with van der Waals surface area (Å²) in [5.74, 6) is -2.07. The van der Waals surface area contributed by atoms with Gasteiger partial charge in [0, 0.05) is 11.6 Å². The number of para-hydroxylation sites is 2. The molecule has 0 aliphatic rings. The second kappa shape index (κ2) is 8.56. The number of rotatable bonds is 6. The maximum Gasteiger partial charge on any atom is 0.279 e. The van der Waals surface area contributed by atoms with Crippen molar-refractivity contribution in [3.8, 4) is 5.75 Å². The van der Waals surface area contributed by atoms with Crippen LogP contribution in [0.5, 0.6) is 5.75 Å². The fraction of sp³-hybridized carbons (Fsp3) is 0.176. The smallest absolute Gasteiger partial charge is 0.279 e.